The average Bonchev–Trinajstić information content (AvgIpc) is 2.73. The number of phenols is 1. The van der Waals surface area contributed by atoms with Gasteiger partial charge in [0.2, 0.25) is 10.0 Å². The van der Waals surface area contributed by atoms with E-state index in [9.17, 15) is 23.1 Å². The molecule has 3 aliphatic carbocycles. The molecule has 1 unspecified atom stereocenters. The Morgan fingerprint density at radius 3 is 2.38 bits per heavy atom. The van der Waals surface area contributed by atoms with Crippen LogP contribution in [-0.4, -0.2) is 58.7 Å². The quantitative estimate of drug-likeness (QED) is 0.297. The van der Waals surface area contributed by atoms with Gasteiger partial charge < -0.3 is 14.6 Å². The normalized spacial score (nSPS) is 25.0. The number of aromatic hydroxyl groups is 1. The van der Waals surface area contributed by atoms with Gasteiger partial charge in [-0.15, -0.1) is 0 Å². The number of carbonyl (C=O) groups is 2. The summed E-state index contributed by atoms with van der Waals surface area (Å²) < 4.78 is 34.5. The van der Waals surface area contributed by atoms with E-state index in [1.54, 1.807) is 18.2 Å². The molecule has 2 N–H and O–H groups in total. The van der Waals surface area contributed by atoms with Gasteiger partial charge in [0.1, 0.15) is 5.75 Å². The smallest absolute Gasteiger partial charge is 0.310 e. The molecular formula is C23H34N2O7SSi. The third kappa shape index (κ3) is 5.98. The Hall–Kier alpha value is -2.40. The van der Waals surface area contributed by atoms with Crippen LogP contribution in [0.25, 0.3) is 0 Å². The molecule has 9 nitrogen and oxygen atoms in total. The second kappa shape index (κ2) is 10.1. The summed E-state index contributed by atoms with van der Waals surface area (Å²) in [5.74, 6) is -3.90. The molecule has 0 spiro atoms. The lowest BCUT2D eigenvalue weighted by molar-refractivity contribution is -0.163. The van der Waals surface area contributed by atoms with Crippen molar-refractivity contribution in [2.24, 2.45) is 16.9 Å². The van der Waals surface area contributed by atoms with Crippen molar-refractivity contribution in [3.05, 3.63) is 29.3 Å². The zero-order chi connectivity index (χ0) is 25.3. The Balaban J connectivity index is 2.05. The van der Waals surface area contributed by atoms with Crippen molar-refractivity contribution in [3.63, 3.8) is 0 Å². The van der Waals surface area contributed by atoms with E-state index in [0.717, 1.165) is 17.9 Å². The predicted octanol–water partition coefficient (Wildman–Crippen LogP) is 2.95. The second-order valence-corrected chi connectivity index (χ2v) is 17.6. The number of fused-ring (bicyclic) bond motifs is 2. The number of esters is 2. The fourth-order valence-corrected chi connectivity index (χ4v) is 5.69. The van der Waals surface area contributed by atoms with Crippen LogP contribution in [0.3, 0.4) is 0 Å². The highest BCUT2D eigenvalue weighted by atomic mass is 32.2. The van der Waals surface area contributed by atoms with E-state index in [2.05, 4.69) is 29.6 Å². The first-order valence-corrected chi connectivity index (χ1v) is 17.1. The molecule has 0 amide bonds. The number of nitrogens with one attached hydrogen (secondary N) is 1. The summed E-state index contributed by atoms with van der Waals surface area (Å²) in [7, 11) is -5.06. The van der Waals surface area contributed by atoms with Crippen LogP contribution in [0.1, 0.15) is 42.7 Å². The standard InChI is InChI=1S/C23H34N2O7SSi/c1-6-9-31-23(28)21-19-16-12-14(26)7-8-15(16)17(13-18(19)24-25-33(2,29)30)20(21)22(27)32-10-11-34(3,4)5/h7-8,12,17,19-21,25-26H,6,9-11,13H2,1-5H3/b24-18+/t17?,19-,20-,21-/m1/s1. The van der Waals surface area contributed by atoms with Crippen molar-refractivity contribution in [1.29, 1.82) is 0 Å². The van der Waals surface area contributed by atoms with Gasteiger partial charge in [0.15, 0.2) is 0 Å². The van der Waals surface area contributed by atoms with Crippen molar-refractivity contribution in [3.8, 4) is 5.75 Å². The molecule has 4 rings (SSSR count). The average molecular weight is 511 g/mol. The number of hydrogen-bond donors (Lipinski definition) is 2. The lowest BCUT2D eigenvalue weighted by Crippen LogP contribution is -2.51. The molecule has 11 heteroatoms. The van der Waals surface area contributed by atoms with Gasteiger partial charge in [0, 0.05) is 25.6 Å². The van der Waals surface area contributed by atoms with Crippen LogP contribution in [0.15, 0.2) is 23.3 Å². The van der Waals surface area contributed by atoms with Gasteiger partial charge >= 0.3 is 11.9 Å². The second-order valence-electron chi connectivity index (χ2n) is 10.3. The summed E-state index contributed by atoms with van der Waals surface area (Å²) >= 11 is 0. The molecule has 0 saturated heterocycles. The molecule has 2 bridgehead atoms. The Bertz CT molecular complexity index is 1080. The summed E-state index contributed by atoms with van der Waals surface area (Å²) in [6.45, 7) is 8.93. The summed E-state index contributed by atoms with van der Waals surface area (Å²) in [6, 6.07) is 5.65. The molecule has 1 saturated carbocycles. The Morgan fingerprint density at radius 2 is 1.76 bits per heavy atom. The number of carbonyl (C=O) groups excluding carboxylic acids is 2. The molecular weight excluding hydrogens is 476 g/mol. The maximum absolute atomic E-state index is 13.3. The van der Waals surface area contributed by atoms with E-state index < -0.39 is 53.7 Å². The summed E-state index contributed by atoms with van der Waals surface area (Å²) in [6.07, 6.45) is 1.89. The number of rotatable bonds is 9. The largest absolute Gasteiger partial charge is 0.508 e. The summed E-state index contributed by atoms with van der Waals surface area (Å²) in [5.41, 5.74) is 1.90. The Morgan fingerprint density at radius 1 is 1.12 bits per heavy atom. The van der Waals surface area contributed by atoms with Crippen LogP contribution in [-0.2, 0) is 29.1 Å². The van der Waals surface area contributed by atoms with E-state index in [1.807, 2.05) is 6.92 Å². The van der Waals surface area contributed by atoms with E-state index in [-0.39, 0.29) is 25.4 Å². The fourth-order valence-electron chi connectivity index (χ4n) is 4.69. The fraction of sp³-hybridized carbons (Fsp3) is 0.609. The Kier molecular flexibility index (Phi) is 7.76. The minimum absolute atomic E-state index is 0.0108. The maximum atomic E-state index is 13.3. The molecule has 1 aromatic carbocycles. The van der Waals surface area contributed by atoms with Crippen molar-refractivity contribution >= 4 is 35.7 Å². The lowest BCUT2D eigenvalue weighted by atomic mass is 9.55. The third-order valence-electron chi connectivity index (χ3n) is 6.22. The number of sulfonamides is 1. The first-order chi connectivity index (χ1) is 15.8. The number of ether oxygens (including phenoxy) is 2. The van der Waals surface area contributed by atoms with Gasteiger partial charge in [0.05, 0.1) is 31.3 Å². The van der Waals surface area contributed by atoms with Gasteiger partial charge in [0.25, 0.3) is 0 Å². The molecule has 34 heavy (non-hydrogen) atoms. The van der Waals surface area contributed by atoms with Crippen molar-refractivity contribution in [2.75, 3.05) is 19.5 Å². The van der Waals surface area contributed by atoms with Crippen molar-refractivity contribution in [2.45, 2.75) is 57.3 Å². The first kappa shape index (κ1) is 26.2. The molecule has 0 heterocycles. The minimum atomic E-state index is -3.62. The van der Waals surface area contributed by atoms with Gasteiger partial charge in [-0.1, -0.05) is 32.6 Å². The highest BCUT2D eigenvalue weighted by Crippen LogP contribution is 2.55. The number of hydrogen-bond acceptors (Lipinski definition) is 8. The van der Waals surface area contributed by atoms with Gasteiger partial charge in [-0.3, -0.25) is 9.59 Å². The summed E-state index contributed by atoms with van der Waals surface area (Å²) in [4.78, 5) is 28.8. The van der Waals surface area contributed by atoms with Crippen LogP contribution in [0.2, 0.25) is 25.7 Å². The van der Waals surface area contributed by atoms with E-state index >= 15 is 0 Å². The molecule has 1 fully saturated rings. The SMILES string of the molecule is CCCOC(=O)[C@H]1[C@H](C(=O)OCC[Si](C)(C)C)C2C/C(=N\NS(C)(=O)=O)[C@H]1c1cc(O)ccc12. The van der Waals surface area contributed by atoms with Crippen LogP contribution >= 0.6 is 0 Å². The van der Waals surface area contributed by atoms with Crippen LogP contribution in [0.4, 0.5) is 0 Å². The zero-order valence-electron chi connectivity index (χ0n) is 20.3. The van der Waals surface area contributed by atoms with Crippen molar-refractivity contribution < 1.29 is 32.6 Å². The molecule has 0 aromatic heterocycles. The molecule has 0 radical (unpaired) electrons. The number of benzene rings is 1. The maximum Gasteiger partial charge on any atom is 0.310 e. The van der Waals surface area contributed by atoms with E-state index in [0.29, 0.717) is 17.7 Å². The molecule has 0 aliphatic heterocycles. The van der Waals surface area contributed by atoms with E-state index in [1.165, 1.54) is 0 Å². The molecule has 4 atom stereocenters. The third-order valence-corrected chi connectivity index (χ3v) is 8.34. The summed E-state index contributed by atoms with van der Waals surface area (Å²) in [5, 5.41) is 14.2. The number of nitrogens with zero attached hydrogens (tertiary/aromatic N) is 1. The highest BCUT2D eigenvalue weighted by Gasteiger charge is 2.57. The molecule has 1 aromatic rings. The van der Waals surface area contributed by atoms with Gasteiger partial charge in [-0.25, -0.2) is 13.2 Å². The Labute approximate surface area is 202 Å². The van der Waals surface area contributed by atoms with Crippen LogP contribution in [0.5, 0.6) is 5.75 Å². The van der Waals surface area contributed by atoms with Crippen LogP contribution in [0, 0.1) is 11.8 Å². The first-order valence-electron chi connectivity index (χ1n) is 11.5. The van der Waals surface area contributed by atoms with Gasteiger partial charge in [-0.2, -0.15) is 5.10 Å². The number of hydrazone groups is 1. The molecule has 188 valence electrons. The predicted molar refractivity (Wildman–Crippen MR) is 131 cm³/mol. The van der Waals surface area contributed by atoms with E-state index in [4.69, 9.17) is 9.47 Å². The highest BCUT2D eigenvalue weighted by molar-refractivity contribution is 7.88. The van der Waals surface area contributed by atoms with Crippen LogP contribution < -0.4 is 4.83 Å². The zero-order valence-corrected chi connectivity index (χ0v) is 22.1. The van der Waals surface area contributed by atoms with Crippen molar-refractivity contribution in [1.82, 2.24) is 4.83 Å². The van der Waals surface area contributed by atoms with Gasteiger partial charge in [-0.05, 0) is 42.1 Å². The topological polar surface area (TPSA) is 131 Å². The minimum Gasteiger partial charge on any atom is -0.508 e. The lowest BCUT2D eigenvalue weighted by Gasteiger charge is -2.47. The monoisotopic (exact) mass is 510 g/mol. The number of phenolic OH excluding ortho intramolecular Hbond substituents is 1. The molecule has 3 aliphatic rings.